The van der Waals surface area contributed by atoms with Gasteiger partial charge in [-0.05, 0) is 44.2 Å². The second kappa shape index (κ2) is 6.64. The second-order valence-corrected chi connectivity index (χ2v) is 7.07. The van der Waals surface area contributed by atoms with E-state index in [1.807, 2.05) is 13.8 Å². The number of anilines is 1. The molecule has 1 heterocycles. The van der Waals surface area contributed by atoms with Crippen LogP contribution in [0.2, 0.25) is 5.02 Å². The van der Waals surface area contributed by atoms with E-state index in [0.717, 1.165) is 3.97 Å². The molecule has 23 heavy (non-hydrogen) atoms. The second-order valence-electron chi connectivity index (χ2n) is 4.85. The molecule has 2 aromatic rings. The zero-order valence-corrected chi connectivity index (χ0v) is 14.4. The summed E-state index contributed by atoms with van der Waals surface area (Å²) in [6.45, 7) is 4.63. The molecule has 0 fully saturated rings. The fourth-order valence-corrected chi connectivity index (χ4v) is 3.97. The standard InChI is InChI=1S/C15H18ClN3O3S/c1-3-18(4-2)15(20)13-6-5-9-19(13)23(21,22)14-10-11(16)7-8-12(14)17/h5-10H,3-4,17H2,1-2H3. The molecule has 2 N–H and O–H groups in total. The van der Waals surface area contributed by atoms with E-state index in [0.29, 0.717) is 13.1 Å². The lowest BCUT2D eigenvalue weighted by Gasteiger charge is -2.20. The zero-order chi connectivity index (χ0) is 17.2. The van der Waals surface area contributed by atoms with Crippen LogP contribution in [0.3, 0.4) is 0 Å². The number of hydrogen-bond acceptors (Lipinski definition) is 4. The van der Waals surface area contributed by atoms with Gasteiger partial charge in [-0.15, -0.1) is 0 Å². The van der Waals surface area contributed by atoms with Crippen molar-refractivity contribution in [3.63, 3.8) is 0 Å². The largest absolute Gasteiger partial charge is 0.398 e. The highest BCUT2D eigenvalue weighted by molar-refractivity contribution is 7.90. The van der Waals surface area contributed by atoms with Gasteiger partial charge < -0.3 is 10.6 Å². The number of rotatable bonds is 5. The molecule has 0 bridgehead atoms. The lowest BCUT2D eigenvalue weighted by molar-refractivity contribution is 0.0766. The van der Waals surface area contributed by atoms with E-state index in [9.17, 15) is 13.2 Å². The molecular weight excluding hydrogens is 338 g/mol. The molecule has 0 aliphatic rings. The van der Waals surface area contributed by atoms with Gasteiger partial charge in [-0.2, -0.15) is 0 Å². The first-order valence-electron chi connectivity index (χ1n) is 7.10. The first kappa shape index (κ1) is 17.4. The smallest absolute Gasteiger partial charge is 0.271 e. The maximum absolute atomic E-state index is 12.8. The molecule has 1 aromatic heterocycles. The van der Waals surface area contributed by atoms with Crippen molar-refractivity contribution in [2.24, 2.45) is 0 Å². The molecule has 0 saturated carbocycles. The van der Waals surface area contributed by atoms with Gasteiger partial charge in [0.1, 0.15) is 10.6 Å². The molecule has 0 unspecified atom stereocenters. The first-order chi connectivity index (χ1) is 10.8. The summed E-state index contributed by atoms with van der Waals surface area (Å²) in [6, 6.07) is 7.18. The van der Waals surface area contributed by atoms with E-state index < -0.39 is 10.0 Å². The number of hydrogen-bond donors (Lipinski definition) is 1. The highest BCUT2D eigenvalue weighted by Gasteiger charge is 2.26. The molecule has 0 aliphatic carbocycles. The van der Waals surface area contributed by atoms with Crippen molar-refractivity contribution in [1.29, 1.82) is 0 Å². The van der Waals surface area contributed by atoms with Crippen molar-refractivity contribution in [2.45, 2.75) is 18.7 Å². The van der Waals surface area contributed by atoms with Crippen LogP contribution >= 0.6 is 11.6 Å². The number of carbonyl (C=O) groups is 1. The number of nitrogens with zero attached hydrogens (tertiary/aromatic N) is 2. The lowest BCUT2D eigenvalue weighted by Crippen LogP contribution is -2.33. The molecule has 0 radical (unpaired) electrons. The quantitative estimate of drug-likeness (QED) is 0.835. The van der Waals surface area contributed by atoms with E-state index in [1.165, 1.54) is 36.5 Å². The predicted octanol–water partition coefficient (Wildman–Crippen LogP) is 2.44. The summed E-state index contributed by atoms with van der Waals surface area (Å²) in [5, 5.41) is 0.251. The summed E-state index contributed by atoms with van der Waals surface area (Å²) in [6.07, 6.45) is 1.33. The van der Waals surface area contributed by atoms with Gasteiger partial charge in [-0.25, -0.2) is 12.4 Å². The van der Waals surface area contributed by atoms with Gasteiger partial charge in [0.05, 0.1) is 5.69 Å². The molecule has 0 spiro atoms. The molecule has 0 saturated heterocycles. The normalized spacial score (nSPS) is 11.4. The van der Waals surface area contributed by atoms with Gasteiger partial charge in [0.25, 0.3) is 15.9 Å². The lowest BCUT2D eigenvalue weighted by atomic mass is 10.3. The molecule has 6 nitrogen and oxygen atoms in total. The number of carbonyl (C=O) groups excluding carboxylic acids is 1. The van der Waals surface area contributed by atoms with Crippen LogP contribution in [-0.4, -0.2) is 36.3 Å². The molecule has 124 valence electrons. The van der Waals surface area contributed by atoms with Crippen LogP contribution in [0, 0.1) is 0 Å². The topological polar surface area (TPSA) is 85.4 Å². The Balaban J connectivity index is 2.57. The average Bonchev–Trinajstić information content (AvgIpc) is 3.01. The minimum atomic E-state index is -4.01. The Labute approximate surface area is 140 Å². The minimum absolute atomic E-state index is 0.0630. The molecule has 8 heteroatoms. The predicted molar refractivity (Wildman–Crippen MR) is 90.1 cm³/mol. The third-order valence-electron chi connectivity index (χ3n) is 3.50. The van der Waals surface area contributed by atoms with Gasteiger partial charge >= 0.3 is 0 Å². The van der Waals surface area contributed by atoms with Crippen LogP contribution in [0.1, 0.15) is 24.3 Å². The van der Waals surface area contributed by atoms with E-state index in [4.69, 9.17) is 17.3 Å². The summed E-state index contributed by atoms with van der Waals surface area (Å²) in [5.41, 5.74) is 5.91. The Morgan fingerprint density at radius 1 is 1.26 bits per heavy atom. The number of nitrogens with two attached hydrogens (primary N) is 1. The van der Waals surface area contributed by atoms with Gasteiger partial charge in [0.15, 0.2) is 0 Å². The fourth-order valence-electron chi connectivity index (χ4n) is 2.25. The monoisotopic (exact) mass is 355 g/mol. The van der Waals surface area contributed by atoms with Gasteiger partial charge in [0.2, 0.25) is 0 Å². The van der Waals surface area contributed by atoms with Crippen molar-refractivity contribution in [3.8, 4) is 0 Å². The highest BCUT2D eigenvalue weighted by Crippen LogP contribution is 2.26. The number of halogens is 1. The zero-order valence-electron chi connectivity index (χ0n) is 12.9. The molecule has 1 aromatic carbocycles. The Bertz CT molecular complexity index is 826. The first-order valence-corrected chi connectivity index (χ1v) is 8.92. The Hall–Kier alpha value is -1.99. The highest BCUT2D eigenvalue weighted by atomic mass is 35.5. The van der Waals surface area contributed by atoms with E-state index >= 15 is 0 Å². The Morgan fingerprint density at radius 2 is 1.91 bits per heavy atom. The maximum atomic E-state index is 12.8. The SMILES string of the molecule is CCN(CC)C(=O)c1cccn1S(=O)(=O)c1cc(Cl)ccc1N. The maximum Gasteiger partial charge on any atom is 0.271 e. The van der Waals surface area contributed by atoms with Gasteiger partial charge in [0, 0.05) is 24.3 Å². The van der Waals surface area contributed by atoms with Crippen molar-refractivity contribution >= 4 is 33.2 Å². The van der Waals surface area contributed by atoms with Crippen LogP contribution < -0.4 is 5.73 Å². The number of amides is 1. The van der Waals surface area contributed by atoms with E-state index in [1.54, 1.807) is 4.90 Å². The number of aromatic nitrogens is 1. The molecular formula is C15H18ClN3O3S. The van der Waals surface area contributed by atoms with Crippen molar-refractivity contribution in [1.82, 2.24) is 8.87 Å². The third-order valence-corrected chi connectivity index (χ3v) is 5.48. The Kier molecular flexibility index (Phi) is 5.01. The average molecular weight is 356 g/mol. The van der Waals surface area contributed by atoms with E-state index in [-0.39, 0.29) is 27.2 Å². The molecule has 2 rings (SSSR count). The summed E-state index contributed by atoms with van der Waals surface area (Å²) in [7, 11) is -4.01. The summed E-state index contributed by atoms with van der Waals surface area (Å²) in [5.74, 6) is -0.357. The van der Waals surface area contributed by atoms with Crippen LogP contribution in [0.5, 0.6) is 0 Å². The molecule has 0 aliphatic heterocycles. The van der Waals surface area contributed by atoms with Gasteiger partial charge in [-0.1, -0.05) is 11.6 Å². The van der Waals surface area contributed by atoms with Crippen LogP contribution in [-0.2, 0) is 10.0 Å². The van der Waals surface area contributed by atoms with Crippen LogP contribution in [0.15, 0.2) is 41.4 Å². The fraction of sp³-hybridized carbons (Fsp3) is 0.267. The van der Waals surface area contributed by atoms with Crippen molar-refractivity contribution in [2.75, 3.05) is 18.8 Å². The summed E-state index contributed by atoms with van der Waals surface area (Å²) in [4.78, 5) is 13.9. The van der Waals surface area contributed by atoms with E-state index in [2.05, 4.69) is 0 Å². The summed E-state index contributed by atoms with van der Waals surface area (Å²) < 4.78 is 26.6. The van der Waals surface area contributed by atoms with Gasteiger partial charge in [-0.3, -0.25) is 4.79 Å². The van der Waals surface area contributed by atoms with Crippen molar-refractivity contribution in [3.05, 3.63) is 47.2 Å². The molecule has 0 atom stereocenters. The van der Waals surface area contributed by atoms with Crippen LogP contribution in [0.25, 0.3) is 0 Å². The third kappa shape index (κ3) is 3.20. The Morgan fingerprint density at radius 3 is 2.52 bits per heavy atom. The van der Waals surface area contributed by atoms with Crippen molar-refractivity contribution < 1.29 is 13.2 Å². The number of benzene rings is 1. The summed E-state index contributed by atoms with van der Waals surface area (Å²) >= 11 is 5.88. The molecule has 1 amide bonds. The minimum Gasteiger partial charge on any atom is -0.398 e. The van der Waals surface area contributed by atoms with Crippen LogP contribution in [0.4, 0.5) is 5.69 Å². The number of nitrogen functional groups attached to an aromatic ring is 1.